The Morgan fingerprint density at radius 3 is 2.38 bits per heavy atom. The number of halogens is 1. The molecule has 4 N–H and O–H groups in total. The molecule has 0 spiro atoms. The van der Waals surface area contributed by atoms with Crippen molar-refractivity contribution in [1.82, 2.24) is 10.6 Å². The minimum Gasteiger partial charge on any atom is -0.451 e. The van der Waals surface area contributed by atoms with Crippen molar-refractivity contribution in [2.75, 3.05) is 6.54 Å². The highest BCUT2D eigenvalue weighted by Crippen LogP contribution is 2.15. The Morgan fingerprint density at radius 1 is 1.21 bits per heavy atom. The number of nitrogens with one attached hydrogen (secondary N) is 2. The molecule has 130 valence electrons. The van der Waals surface area contributed by atoms with E-state index >= 15 is 0 Å². The van der Waals surface area contributed by atoms with Crippen molar-refractivity contribution in [2.45, 2.75) is 20.0 Å². The predicted octanol–water partition coefficient (Wildman–Crippen LogP) is 0.942. The second kappa shape index (κ2) is 9.02. The van der Waals surface area contributed by atoms with Crippen LogP contribution in [0.3, 0.4) is 0 Å². The number of imide groups is 1. The van der Waals surface area contributed by atoms with E-state index < -0.39 is 36.5 Å². The topological polar surface area (TPSA) is 128 Å². The Kier molecular flexibility index (Phi) is 7.37. The second-order valence-electron chi connectivity index (χ2n) is 5.17. The van der Waals surface area contributed by atoms with E-state index in [9.17, 15) is 19.2 Å². The van der Waals surface area contributed by atoms with Crippen molar-refractivity contribution in [3.63, 3.8) is 0 Å². The number of hydrogen-bond donors (Lipinski definition) is 3. The summed E-state index contributed by atoms with van der Waals surface area (Å²) in [6.45, 7) is 2.85. The zero-order valence-corrected chi connectivity index (χ0v) is 14.8. The molecule has 0 aliphatic carbocycles. The summed E-state index contributed by atoms with van der Waals surface area (Å²) in [4.78, 5) is 46.3. The van der Waals surface area contributed by atoms with Crippen LogP contribution in [0, 0.1) is 5.92 Å². The molecule has 1 aromatic rings. The van der Waals surface area contributed by atoms with Crippen LogP contribution in [0.4, 0.5) is 4.79 Å². The number of carbonyl (C=O) groups excluding carboxylic acids is 4. The first-order valence-corrected chi connectivity index (χ1v) is 7.84. The van der Waals surface area contributed by atoms with E-state index in [2.05, 4.69) is 21.2 Å². The molecule has 1 atom stereocenters. The normalized spacial score (nSPS) is 11.5. The molecular formula is C15H18BrN3O5. The lowest BCUT2D eigenvalue weighted by molar-refractivity contribution is -0.157. The van der Waals surface area contributed by atoms with Crippen LogP contribution in [-0.2, 0) is 14.3 Å². The highest BCUT2D eigenvalue weighted by molar-refractivity contribution is 9.10. The van der Waals surface area contributed by atoms with Gasteiger partial charge in [0, 0.05) is 4.47 Å². The summed E-state index contributed by atoms with van der Waals surface area (Å²) in [5.74, 6) is -2.48. The second-order valence-corrected chi connectivity index (χ2v) is 6.02. The maximum atomic E-state index is 12.0. The Bertz CT molecular complexity index is 648. The number of urea groups is 1. The predicted molar refractivity (Wildman–Crippen MR) is 88.9 cm³/mol. The van der Waals surface area contributed by atoms with Crippen LogP contribution < -0.4 is 16.4 Å². The van der Waals surface area contributed by atoms with Gasteiger partial charge < -0.3 is 15.8 Å². The smallest absolute Gasteiger partial charge is 0.326 e. The number of ether oxygens (including phenoxy) is 1. The van der Waals surface area contributed by atoms with Gasteiger partial charge in [-0.05, 0) is 34.0 Å². The van der Waals surface area contributed by atoms with Gasteiger partial charge in [-0.15, -0.1) is 0 Å². The van der Waals surface area contributed by atoms with Crippen LogP contribution in [-0.4, -0.2) is 36.5 Å². The molecule has 9 heteroatoms. The van der Waals surface area contributed by atoms with Gasteiger partial charge in [-0.1, -0.05) is 26.0 Å². The van der Waals surface area contributed by atoms with E-state index in [0.717, 1.165) is 0 Å². The van der Waals surface area contributed by atoms with Crippen molar-refractivity contribution < 1.29 is 23.9 Å². The summed E-state index contributed by atoms with van der Waals surface area (Å²) < 4.78 is 5.59. The number of rotatable bonds is 6. The van der Waals surface area contributed by atoms with Crippen molar-refractivity contribution in [1.29, 1.82) is 0 Å². The standard InChI is InChI=1S/C15H18BrN3O5/c1-8(2)12(14(22)19-15(17)23)24-11(20)7-18-13(21)9-5-3-4-6-10(9)16/h3-6,8,12H,7H2,1-2H3,(H,18,21)(H3,17,19,22,23)/t12-/m1/s1. The Balaban J connectivity index is 2.60. The van der Waals surface area contributed by atoms with Gasteiger partial charge in [0.05, 0.1) is 5.56 Å². The van der Waals surface area contributed by atoms with Gasteiger partial charge in [-0.3, -0.25) is 19.7 Å². The maximum Gasteiger partial charge on any atom is 0.326 e. The van der Waals surface area contributed by atoms with Crippen LogP contribution in [0.15, 0.2) is 28.7 Å². The molecule has 0 bridgehead atoms. The van der Waals surface area contributed by atoms with E-state index in [1.54, 1.807) is 38.1 Å². The average Bonchev–Trinajstić information content (AvgIpc) is 2.49. The van der Waals surface area contributed by atoms with Crippen LogP contribution in [0.5, 0.6) is 0 Å². The number of benzene rings is 1. The SMILES string of the molecule is CC(C)[C@@H](OC(=O)CNC(=O)c1ccccc1Br)C(=O)NC(N)=O. The third-order valence-electron chi connectivity index (χ3n) is 2.88. The van der Waals surface area contributed by atoms with Gasteiger partial charge >= 0.3 is 12.0 Å². The number of esters is 1. The largest absolute Gasteiger partial charge is 0.451 e. The molecule has 0 radical (unpaired) electrons. The zero-order valence-electron chi connectivity index (χ0n) is 13.2. The fourth-order valence-corrected chi connectivity index (χ4v) is 2.23. The molecule has 0 fully saturated rings. The molecule has 1 aromatic carbocycles. The molecule has 0 unspecified atom stereocenters. The lowest BCUT2D eigenvalue weighted by Crippen LogP contribution is -2.46. The maximum absolute atomic E-state index is 12.0. The van der Waals surface area contributed by atoms with Gasteiger partial charge in [0.1, 0.15) is 6.54 Å². The highest BCUT2D eigenvalue weighted by atomic mass is 79.9. The van der Waals surface area contributed by atoms with Crippen LogP contribution in [0.25, 0.3) is 0 Å². The van der Waals surface area contributed by atoms with E-state index in [4.69, 9.17) is 10.5 Å². The van der Waals surface area contributed by atoms with Crippen molar-refractivity contribution in [3.8, 4) is 0 Å². The van der Waals surface area contributed by atoms with E-state index in [0.29, 0.717) is 10.0 Å². The third kappa shape index (κ3) is 5.99. The average molecular weight is 400 g/mol. The molecule has 4 amide bonds. The van der Waals surface area contributed by atoms with E-state index in [1.165, 1.54) is 0 Å². The minimum absolute atomic E-state index is 0.359. The van der Waals surface area contributed by atoms with Crippen LogP contribution in [0.1, 0.15) is 24.2 Å². The summed E-state index contributed by atoms with van der Waals surface area (Å²) in [6, 6.07) is 5.67. The van der Waals surface area contributed by atoms with Gasteiger partial charge in [-0.2, -0.15) is 0 Å². The molecule has 0 aliphatic heterocycles. The fourth-order valence-electron chi connectivity index (χ4n) is 1.76. The monoisotopic (exact) mass is 399 g/mol. The summed E-state index contributed by atoms with van der Waals surface area (Å²) in [5.41, 5.74) is 5.22. The van der Waals surface area contributed by atoms with Crippen LogP contribution >= 0.6 is 15.9 Å². The van der Waals surface area contributed by atoms with Gasteiger partial charge in [0.2, 0.25) is 0 Å². The first-order chi connectivity index (χ1) is 11.2. The van der Waals surface area contributed by atoms with Gasteiger partial charge in [0.15, 0.2) is 6.10 Å². The third-order valence-corrected chi connectivity index (χ3v) is 3.57. The molecule has 0 heterocycles. The Labute approximate surface area is 147 Å². The highest BCUT2D eigenvalue weighted by Gasteiger charge is 2.27. The lowest BCUT2D eigenvalue weighted by atomic mass is 10.1. The van der Waals surface area contributed by atoms with Crippen LogP contribution in [0.2, 0.25) is 0 Å². The summed E-state index contributed by atoms with van der Waals surface area (Å²) in [7, 11) is 0. The summed E-state index contributed by atoms with van der Waals surface area (Å²) in [5, 5.41) is 4.25. The quantitative estimate of drug-likeness (QED) is 0.613. The van der Waals surface area contributed by atoms with Crippen molar-refractivity contribution >= 4 is 39.7 Å². The number of carbonyl (C=O) groups is 4. The van der Waals surface area contributed by atoms with E-state index in [1.807, 2.05) is 5.32 Å². The number of primary amides is 1. The summed E-state index contributed by atoms with van der Waals surface area (Å²) in [6.07, 6.45) is -1.19. The lowest BCUT2D eigenvalue weighted by Gasteiger charge is -2.19. The molecule has 24 heavy (non-hydrogen) atoms. The molecular weight excluding hydrogens is 382 g/mol. The molecule has 0 saturated carbocycles. The zero-order chi connectivity index (χ0) is 18.3. The van der Waals surface area contributed by atoms with Crippen molar-refractivity contribution in [2.24, 2.45) is 11.7 Å². The fraction of sp³-hybridized carbons (Fsp3) is 0.333. The first-order valence-electron chi connectivity index (χ1n) is 7.05. The molecule has 0 saturated heterocycles. The minimum atomic E-state index is -1.19. The molecule has 8 nitrogen and oxygen atoms in total. The molecule has 0 aliphatic rings. The molecule has 0 aromatic heterocycles. The Hall–Kier alpha value is -2.42. The first kappa shape index (κ1) is 19.6. The Morgan fingerprint density at radius 2 is 1.83 bits per heavy atom. The molecule has 1 rings (SSSR count). The van der Waals surface area contributed by atoms with Gasteiger partial charge in [-0.25, -0.2) is 4.79 Å². The number of hydrogen-bond acceptors (Lipinski definition) is 5. The summed E-state index contributed by atoms with van der Waals surface area (Å²) >= 11 is 3.23. The number of amides is 4. The van der Waals surface area contributed by atoms with E-state index in [-0.39, 0.29) is 5.92 Å². The van der Waals surface area contributed by atoms with Crippen molar-refractivity contribution in [3.05, 3.63) is 34.3 Å². The number of nitrogens with two attached hydrogens (primary N) is 1. The van der Waals surface area contributed by atoms with Gasteiger partial charge in [0.25, 0.3) is 11.8 Å².